The van der Waals surface area contributed by atoms with Crippen molar-refractivity contribution in [3.05, 3.63) is 30.1 Å². The van der Waals surface area contributed by atoms with Crippen LogP contribution in [-0.2, 0) is 10.0 Å². The van der Waals surface area contributed by atoms with Crippen LogP contribution < -0.4 is 0 Å². The highest BCUT2D eigenvalue weighted by Crippen LogP contribution is 2.36. The van der Waals surface area contributed by atoms with Gasteiger partial charge in [0.1, 0.15) is 5.82 Å². The highest BCUT2D eigenvalue weighted by molar-refractivity contribution is 7.89. The van der Waals surface area contributed by atoms with Crippen LogP contribution in [0.4, 0.5) is 4.39 Å². The summed E-state index contributed by atoms with van der Waals surface area (Å²) in [6.45, 7) is 3.33. The van der Waals surface area contributed by atoms with Crippen LogP contribution >= 0.6 is 0 Å². The molecule has 2 atom stereocenters. The maximum Gasteiger partial charge on any atom is 0.243 e. The van der Waals surface area contributed by atoms with Crippen LogP contribution in [0.1, 0.15) is 32.1 Å². The number of nitrogens with zero attached hydrogens (tertiary/aromatic N) is 2. The first kappa shape index (κ1) is 16.5. The van der Waals surface area contributed by atoms with Crippen molar-refractivity contribution in [2.45, 2.75) is 43.0 Å². The lowest BCUT2D eigenvalue weighted by Gasteiger charge is -2.30. The van der Waals surface area contributed by atoms with Gasteiger partial charge in [-0.25, -0.2) is 12.8 Å². The zero-order valence-electron chi connectivity index (χ0n) is 13.9. The van der Waals surface area contributed by atoms with Crippen LogP contribution in [0.25, 0.3) is 0 Å². The molecule has 4 nitrogen and oxygen atoms in total. The van der Waals surface area contributed by atoms with E-state index in [1.54, 1.807) is 4.31 Å². The average molecular weight is 352 g/mol. The second-order valence-corrected chi connectivity index (χ2v) is 9.48. The highest BCUT2D eigenvalue weighted by Gasteiger charge is 2.43. The van der Waals surface area contributed by atoms with Crippen molar-refractivity contribution in [3.8, 4) is 0 Å². The summed E-state index contributed by atoms with van der Waals surface area (Å²) in [4.78, 5) is 2.61. The van der Waals surface area contributed by atoms with E-state index in [9.17, 15) is 12.8 Å². The molecule has 0 unspecified atom stereocenters. The maximum absolute atomic E-state index is 13.5. The van der Waals surface area contributed by atoms with E-state index in [1.807, 2.05) is 0 Å². The number of rotatable bonds is 4. The standard InChI is InChI=1S/C18H25FN2O2S/c19-16-5-3-6-17(10-16)24(22,23)21-12-15-4-1-2-9-20(18(15)13-21)11-14-7-8-14/h3,5-6,10,14-15,18H,1-2,4,7-9,11-13H2/t15-,18+/m0/s1. The van der Waals surface area contributed by atoms with E-state index in [-0.39, 0.29) is 4.90 Å². The second-order valence-electron chi connectivity index (χ2n) is 7.54. The summed E-state index contributed by atoms with van der Waals surface area (Å²) < 4.78 is 40.8. The minimum absolute atomic E-state index is 0.0766. The summed E-state index contributed by atoms with van der Waals surface area (Å²) in [5.41, 5.74) is 0. The summed E-state index contributed by atoms with van der Waals surface area (Å²) >= 11 is 0. The van der Waals surface area contributed by atoms with E-state index < -0.39 is 15.8 Å². The molecule has 2 heterocycles. The molecule has 0 amide bonds. The number of hydrogen-bond acceptors (Lipinski definition) is 3. The van der Waals surface area contributed by atoms with Gasteiger partial charge >= 0.3 is 0 Å². The molecule has 0 spiro atoms. The first-order valence-corrected chi connectivity index (χ1v) is 10.5. The Hall–Kier alpha value is -0.980. The van der Waals surface area contributed by atoms with Crippen molar-refractivity contribution in [1.29, 1.82) is 0 Å². The lowest BCUT2D eigenvalue weighted by Crippen LogP contribution is -2.42. The van der Waals surface area contributed by atoms with E-state index >= 15 is 0 Å². The quantitative estimate of drug-likeness (QED) is 0.837. The van der Waals surface area contributed by atoms with E-state index in [1.165, 1.54) is 43.9 Å². The molecular formula is C18H25FN2O2S. The van der Waals surface area contributed by atoms with Crippen LogP contribution in [0.2, 0.25) is 0 Å². The molecule has 1 aromatic carbocycles. The normalized spacial score (nSPS) is 29.4. The molecule has 0 N–H and O–H groups in total. The van der Waals surface area contributed by atoms with Crippen molar-refractivity contribution >= 4 is 10.0 Å². The summed E-state index contributed by atoms with van der Waals surface area (Å²) in [6.07, 6.45) is 6.13. The molecule has 6 heteroatoms. The van der Waals surface area contributed by atoms with Gasteiger partial charge in [0.15, 0.2) is 0 Å². The SMILES string of the molecule is O=S(=O)(c1cccc(F)c1)N1C[C@@H]2CCCCN(CC3CC3)[C@@H]2C1. The fourth-order valence-corrected chi connectivity index (χ4v) is 5.78. The Morgan fingerprint density at radius 3 is 2.71 bits per heavy atom. The van der Waals surface area contributed by atoms with Gasteiger partial charge < -0.3 is 0 Å². The molecule has 1 saturated carbocycles. The van der Waals surface area contributed by atoms with Gasteiger partial charge in [-0.15, -0.1) is 0 Å². The minimum Gasteiger partial charge on any atom is -0.298 e. The van der Waals surface area contributed by atoms with Crippen molar-refractivity contribution in [2.24, 2.45) is 11.8 Å². The highest BCUT2D eigenvalue weighted by atomic mass is 32.2. The van der Waals surface area contributed by atoms with Crippen molar-refractivity contribution in [2.75, 3.05) is 26.2 Å². The molecule has 2 aliphatic heterocycles. The van der Waals surface area contributed by atoms with Crippen molar-refractivity contribution in [3.63, 3.8) is 0 Å². The van der Waals surface area contributed by atoms with Gasteiger partial charge in [-0.3, -0.25) is 4.90 Å². The van der Waals surface area contributed by atoms with Crippen molar-refractivity contribution in [1.82, 2.24) is 9.21 Å². The predicted octanol–water partition coefficient (Wildman–Crippen LogP) is 2.71. The van der Waals surface area contributed by atoms with Crippen LogP contribution in [-0.4, -0.2) is 49.8 Å². The lowest BCUT2D eigenvalue weighted by atomic mass is 9.98. The largest absolute Gasteiger partial charge is 0.298 e. The third kappa shape index (κ3) is 3.24. The molecule has 0 aromatic heterocycles. The Labute approximate surface area is 143 Å². The van der Waals surface area contributed by atoms with Crippen LogP contribution in [0.15, 0.2) is 29.2 Å². The Kier molecular flexibility index (Phi) is 4.39. The molecule has 132 valence electrons. The fourth-order valence-electron chi connectivity index (χ4n) is 4.23. The first-order valence-electron chi connectivity index (χ1n) is 9.04. The molecule has 1 aliphatic carbocycles. The zero-order chi connectivity index (χ0) is 16.7. The predicted molar refractivity (Wildman–Crippen MR) is 90.6 cm³/mol. The first-order chi connectivity index (χ1) is 11.5. The smallest absolute Gasteiger partial charge is 0.243 e. The van der Waals surface area contributed by atoms with Gasteiger partial charge in [-0.2, -0.15) is 4.31 Å². The summed E-state index contributed by atoms with van der Waals surface area (Å²) in [5, 5.41) is 0. The molecule has 3 aliphatic rings. The zero-order valence-corrected chi connectivity index (χ0v) is 14.7. The third-order valence-electron chi connectivity index (χ3n) is 5.74. The van der Waals surface area contributed by atoms with Gasteiger partial charge in [-0.1, -0.05) is 12.5 Å². The number of hydrogen-bond donors (Lipinski definition) is 0. The van der Waals surface area contributed by atoms with Crippen LogP contribution in [0.3, 0.4) is 0 Å². The van der Waals surface area contributed by atoms with Gasteiger partial charge in [-0.05, 0) is 62.3 Å². The Morgan fingerprint density at radius 1 is 1.12 bits per heavy atom. The topological polar surface area (TPSA) is 40.6 Å². The Morgan fingerprint density at radius 2 is 1.96 bits per heavy atom. The number of halogens is 1. The second kappa shape index (κ2) is 6.39. The monoisotopic (exact) mass is 352 g/mol. The van der Waals surface area contributed by atoms with Crippen LogP contribution in [0, 0.1) is 17.7 Å². The molecule has 1 aromatic rings. The van der Waals surface area contributed by atoms with Gasteiger partial charge in [0.2, 0.25) is 10.0 Å². The van der Waals surface area contributed by atoms with E-state index in [2.05, 4.69) is 4.90 Å². The fraction of sp³-hybridized carbons (Fsp3) is 0.667. The average Bonchev–Trinajstić information content (AvgIpc) is 3.30. The molecule has 0 radical (unpaired) electrons. The summed E-state index contributed by atoms with van der Waals surface area (Å²) in [6, 6.07) is 5.71. The molecule has 4 rings (SSSR count). The molecule has 2 saturated heterocycles. The van der Waals surface area contributed by atoms with Crippen molar-refractivity contribution < 1.29 is 12.8 Å². The maximum atomic E-state index is 13.5. The van der Waals surface area contributed by atoms with E-state index in [0.29, 0.717) is 25.0 Å². The molecule has 0 bridgehead atoms. The Balaban J connectivity index is 1.55. The third-order valence-corrected chi connectivity index (χ3v) is 7.56. The van der Waals surface area contributed by atoms with E-state index in [0.717, 1.165) is 31.5 Å². The van der Waals surface area contributed by atoms with E-state index in [4.69, 9.17) is 0 Å². The molecule has 3 fully saturated rings. The summed E-state index contributed by atoms with van der Waals surface area (Å²) in [7, 11) is -3.60. The van der Waals surface area contributed by atoms with Gasteiger partial charge in [0, 0.05) is 25.7 Å². The number of likely N-dealkylation sites (tertiary alicyclic amines) is 1. The number of sulfonamides is 1. The Bertz CT molecular complexity index is 705. The molecular weight excluding hydrogens is 327 g/mol. The summed E-state index contributed by atoms with van der Waals surface area (Å²) in [5.74, 6) is 0.729. The number of fused-ring (bicyclic) bond motifs is 1. The number of benzene rings is 1. The molecule has 24 heavy (non-hydrogen) atoms. The lowest BCUT2D eigenvalue weighted by molar-refractivity contribution is 0.177. The van der Waals surface area contributed by atoms with Gasteiger partial charge in [0.25, 0.3) is 0 Å². The minimum atomic E-state index is -3.60. The van der Waals surface area contributed by atoms with Crippen LogP contribution in [0.5, 0.6) is 0 Å². The van der Waals surface area contributed by atoms with Gasteiger partial charge in [0.05, 0.1) is 4.90 Å².